The molecule has 1 aromatic carbocycles. The number of fused-ring (bicyclic) bond motifs is 1. The molecule has 0 saturated heterocycles. The van der Waals surface area contributed by atoms with Gasteiger partial charge in [0.25, 0.3) is 5.91 Å². The second kappa shape index (κ2) is 5.77. The summed E-state index contributed by atoms with van der Waals surface area (Å²) in [5, 5.41) is 5.84. The van der Waals surface area contributed by atoms with Gasteiger partial charge in [0.2, 0.25) is 5.91 Å². The number of halogens is 1. The first-order chi connectivity index (χ1) is 10.5. The van der Waals surface area contributed by atoms with Crippen molar-refractivity contribution in [3.05, 3.63) is 57.9 Å². The van der Waals surface area contributed by atoms with Crippen molar-refractivity contribution in [3.63, 3.8) is 0 Å². The third-order valence-corrected chi connectivity index (χ3v) is 3.76. The Balaban J connectivity index is 1.75. The first kappa shape index (κ1) is 14.5. The molecule has 0 atom stereocenters. The van der Waals surface area contributed by atoms with Gasteiger partial charge in [-0.3, -0.25) is 14.6 Å². The van der Waals surface area contributed by atoms with Crippen LogP contribution in [0, 0.1) is 6.92 Å². The molecule has 2 heterocycles. The minimum atomic E-state index is -0.270. The SMILES string of the molecule is Cc1cncc(CNC(=O)c2cc3c(cc2Cl)NC(=O)C3)c1. The Morgan fingerprint density at radius 1 is 1.36 bits per heavy atom. The maximum Gasteiger partial charge on any atom is 0.253 e. The monoisotopic (exact) mass is 315 g/mol. The quantitative estimate of drug-likeness (QED) is 0.914. The molecule has 0 spiro atoms. The van der Waals surface area contributed by atoms with Gasteiger partial charge < -0.3 is 10.6 Å². The molecule has 0 saturated carbocycles. The highest BCUT2D eigenvalue weighted by Crippen LogP contribution is 2.29. The van der Waals surface area contributed by atoms with E-state index in [0.717, 1.165) is 16.7 Å². The first-order valence-corrected chi connectivity index (χ1v) is 7.22. The minimum absolute atomic E-state index is 0.0885. The molecule has 1 aliphatic heterocycles. The number of carbonyl (C=O) groups is 2. The lowest BCUT2D eigenvalue weighted by Gasteiger charge is -2.09. The highest BCUT2D eigenvalue weighted by atomic mass is 35.5. The van der Waals surface area contributed by atoms with Crippen molar-refractivity contribution in [2.45, 2.75) is 19.9 Å². The van der Waals surface area contributed by atoms with Gasteiger partial charge in [-0.15, -0.1) is 0 Å². The van der Waals surface area contributed by atoms with E-state index in [1.165, 1.54) is 0 Å². The van der Waals surface area contributed by atoms with Crippen LogP contribution in [0.3, 0.4) is 0 Å². The predicted octanol–water partition coefficient (Wildman–Crippen LogP) is 2.47. The Kier molecular flexibility index (Phi) is 3.81. The summed E-state index contributed by atoms with van der Waals surface area (Å²) in [6.45, 7) is 2.32. The molecule has 1 aliphatic rings. The zero-order valence-electron chi connectivity index (χ0n) is 11.9. The van der Waals surface area contributed by atoms with E-state index < -0.39 is 0 Å². The molecule has 0 unspecified atom stereocenters. The summed E-state index contributed by atoms with van der Waals surface area (Å²) in [5.41, 5.74) is 3.79. The van der Waals surface area contributed by atoms with Crippen molar-refractivity contribution in [2.75, 3.05) is 5.32 Å². The summed E-state index contributed by atoms with van der Waals surface area (Å²) in [6, 6.07) is 5.24. The summed E-state index contributed by atoms with van der Waals surface area (Å²) in [7, 11) is 0. The molecule has 22 heavy (non-hydrogen) atoms. The van der Waals surface area contributed by atoms with Crippen LogP contribution in [0.15, 0.2) is 30.6 Å². The molecule has 0 radical (unpaired) electrons. The molecule has 3 rings (SSSR count). The van der Waals surface area contributed by atoms with Crippen molar-refractivity contribution in [1.82, 2.24) is 10.3 Å². The Morgan fingerprint density at radius 3 is 2.95 bits per heavy atom. The smallest absolute Gasteiger partial charge is 0.253 e. The van der Waals surface area contributed by atoms with E-state index in [-0.39, 0.29) is 18.2 Å². The van der Waals surface area contributed by atoms with Crippen LogP contribution >= 0.6 is 11.6 Å². The minimum Gasteiger partial charge on any atom is -0.348 e. The topological polar surface area (TPSA) is 71.1 Å². The lowest BCUT2D eigenvalue weighted by Crippen LogP contribution is -2.23. The van der Waals surface area contributed by atoms with Gasteiger partial charge in [0.05, 0.1) is 17.0 Å². The average molecular weight is 316 g/mol. The summed E-state index contributed by atoms with van der Waals surface area (Å²) >= 11 is 6.13. The number of carbonyl (C=O) groups excluding carboxylic acids is 2. The molecule has 5 nitrogen and oxygen atoms in total. The van der Waals surface area contributed by atoms with Gasteiger partial charge in [0, 0.05) is 24.6 Å². The van der Waals surface area contributed by atoms with Crippen LogP contribution in [0.5, 0.6) is 0 Å². The van der Waals surface area contributed by atoms with E-state index in [0.29, 0.717) is 22.8 Å². The molecule has 0 fully saturated rings. The molecular formula is C16H14ClN3O2. The van der Waals surface area contributed by atoms with Gasteiger partial charge in [0.15, 0.2) is 0 Å². The van der Waals surface area contributed by atoms with E-state index >= 15 is 0 Å². The molecule has 1 aromatic heterocycles. The Labute approximate surface area is 132 Å². The number of anilines is 1. The van der Waals surface area contributed by atoms with Crippen molar-refractivity contribution in [1.29, 1.82) is 0 Å². The number of nitrogens with one attached hydrogen (secondary N) is 2. The lowest BCUT2D eigenvalue weighted by atomic mass is 10.1. The number of aryl methyl sites for hydroxylation is 1. The molecule has 2 amide bonds. The van der Waals surface area contributed by atoms with Crippen molar-refractivity contribution < 1.29 is 9.59 Å². The first-order valence-electron chi connectivity index (χ1n) is 6.84. The van der Waals surface area contributed by atoms with Crippen molar-refractivity contribution in [3.8, 4) is 0 Å². The maximum absolute atomic E-state index is 12.3. The second-order valence-corrected chi connectivity index (χ2v) is 5.67. The fraction of sp³-hybridized carbons (Fsp3) is 0.188. The van der Waals surface area contributed by atoms with Crippen LogP contribution in [-0.4, -0.2) is 16.8 Å². The molecule has 2 aromatic rings. The number of amides is 2. The summed E-state index contributed by atoms with van der Waals surface area (Å²) in [4.78, 5) is 27.7. The van der Waals surface area contributed by atoms with Gasteiger partial charge in [-0.1, -0.05) is 17.7 Å². The fourth-order valence-electron chi connectivity index (χ4n) is 2.41. The summed E-state index contributed by atoms with van der Waals surface area (Å²) in [5.74, 6) is -0.358. The van der Waals surface area contributed by atoms with Gasteiger partial charge in [-0.05, 0) is 35.7 Å². The van der Waals surface area contributed by atoms with Crippen LogP contribution in [0.25, 0.3) is 0 Å². The number of hydrogen-bond donors (Lipinski definition) is 2. The second-order valence-electron chi connectivity index (χ2n) is 5.27. The van der Waals surface area contributed by atoms with Crippen molar-refractivity contribution in [2.24, 2.45) is 0 Å². The zero-order valence-corrected chi connectivity index (χ0v) is 12.7. The number of hydrogen-bond acceptors (Lipinski definition) is 3. The van der Waals surface area contributed by atoms with Crippen LogP contribution in [-0.2, 0) is 17.8 Å². The Hall–Kier alpha value is -2.40. The van der Waals surface area contributed by atoms with E-state index in [1.54, 1.807) is 24.5 Å². The van der Waals surface area contributed by atoms with Crippen LogP contribution < -0.4 is 10.6 Å². The molecular weight excluding hydrogens is 302 g/mol. The van der Waals surface area contributed by atoms with E-state index in [1.807, 2.05) is 13.0 Å². The van der Waals surface area contributed by atoms with Crippen LogP contribution in [0.1, 0.15) is 27.0 Å². The normalized spacial score (nSPS) is 12.7. The van der Waals surface area contributed by atoms with Gasteiger partial charge >= 0.3 is 0 Å². The number of benzene rings is 1. The number of nitrogens with zero attached hydrogens (tertiary/aromatic N) is 1. The fourth-order valence-corrected chi connectivity index (χ4v) is 2.66. The van der Waals surface area contributed by atoms with Gasteiger partial charge in [-0.2, -0.15) is 0 Å². The average Bonchev–Trinajstić information content (AvgIpc) is 2.83. The molecule has 6 heteroatoms. The van der Waals surface area contributed by atoms with Crippen molar-refractivity contribution >= 4 is 29.1 Å². The molecule has 112 valence electrons. The third kappa shape index (κ3) is 2.94. The van der Waals surface area contributed by atoms with Gasteiger partial charge in [-0.25, -0.2) is 0 Å². The number of rotatable bonds is 3. The standard InChI is InChI=1S/C16H14ClN3O2/c1-9-2-10(7-18-6-9)8-19-16(22)12-3-11-4-15(21)20-14(11)5-13(12)17/h2-3,5-7H,4,8H2,1H3,(H,19,22)(H,20,21). The maximum atomic E-state index is 12.3. The zero-order chi connectivity index (χ0) is 15.7. The van der Waals surface area contributed by atoms with Crippen LogP contribution in [0.2, 0.25) is 5.02 Å². The van der Waals surface area contributed by atoms with E-state index in [4.69, 9.17) is 11.6 Å². The largest absolute Gasteiger partial charge is 0.348 e. The highest BCUT2D eigenvalue weighted by Gasteiger charge is 2.21. The third-order valence-electron chi connectivity index (χ3n) is 3.45. The highest BCUT2D eigenvalue weighted by molar-refractivity contribution is 6.34. The summed E-state index contributed by atoms with van der Waals surface area (Å²) < 4.78 is 0. The summed E-state index contributed by atoms with van der Waals surface area (Å²) in [6.07, 6.45) is 3.74. The number of aromatic nitrogens is 1. The predicted molar refractivity (Wildman–Crippen MR) is 83.9 cm³/mol. The Morgan fingerprint density at radius 2 is 2.18 bits per heavy atom. The van der Waals surface area contributed by atoms with E-state index in [9.17, 15) is 9.59 Å². The molecule has 2 N–H and O–H groups in total. The molecule has 0 aliphatic carbocycles. The molecule has 0 bridgehead atoms. The lowest BCUT2D eigenvalue weighted by molar-refractivity contribution is -0.115. The van der Waals surface area contributed by atoms with E-state index in [2.05, 4.69) is 15.6 Å². The Bertz CT molecular complexity index is 774. The van der Waals surface area contributed by atoms with Crippen LogP contribution in [0.4, 0.5) is 5.69 Å². The number of pyridine rings is 1. The van der Waals surface area contributed by atoms with Gasteiger partial charge in [0.1, 0.15) is 0 Å².